The average Bonchev–Trinajstić information content (AvgIpc) is 2.85. The fraction of sp³-hybridized carbons (Fsp3) is 0.133. The minimum absolute atomic E-state index is 0.309. The summed E-state index contributed by atoms with van der Waals surface area (Å²) in [6.45, 7) is 0. The third-order valence-electron chi connectivity index (χ3n) is 2.99. The van der Waals surface area contributed by atoms with Crippen molar-refractivity contribution in [3.05, 3.63) is 62.9 Å². The molecular weight excluding hydrogens is 386 g/mol. The number of benzene rings is 1. The third kappa shape index (κ3) is 3.07. The van der Waals surface area contributed by atoms with E-state index in [-0.39, 0.29) is 0 Å². The highest BCUT2D eigenvalue weighted by Crippen LogP contribution is 2.32. The molecule has 2 aromatic heterocycles. The lowest BCUT2D eigenvalue weighted by atomic mass is 10.1. The van der Waals surface area contributed by atoms with Crippen molar-refractivity contribution >= 4 is 54.1 Å². The molecule has 0 radical (unpaired) electrons. The first-order chi connectivity index (χ1) is 9.22. The van der Waals surface area contributed by atoms with Crippen LogP contribution in [0.25, 0.3) is 10.9 Å². The van der Waals surface area contributed by atoms with Gasteiger partial charge in [-0.2, -0.15) is 0 Å². The number of rotatable bonds is 3. The van der Waals surface area contributed by atoms with Crippen LogP contribution in [0.4, 0.5) is 0 Å². The Labute approximate surface area is 132 Å². The second-order valence-corrected chi connectivity index (χ2v) is 7.75. The summed E-state index contributed by atoms with van der Waals surface area (Å²) in [5.41, 5.74) is 3.47. The van der Waals surface area contributed by atoms with Crippen LogP contribution in [0.1, 0.15) is 16.1 Å². The van der Waals surface area contributed by atoms with Gasteiger partial charge in [0.1, 0.15) is 0 Å². The number of fused-ring (bicyclic) bond motifs is 1. The van der Waals surface area contributed by atoms with Crippen molar-refractivity contribution in [1.29, 1.82) is 0 Å². The first-order valence-corrected chi connectivity index (χ1v) is 8.54. The van der Waals surface area contributed by atoms with E-state index in [9.17, 15) is 0 Å². The number of alkyl halides is 1. The third-order valence-corrected chi connectivity index (χ3v) is 5.37. The van der Waals surface area contributed by atoms with Crippen LogP contribution in [-0.4, -0.2) is 4.98 Å². The molecular formula is C15H11Br2NS. The van der Waals surface area contributed by atoms with E-state index < -0.39 is 0 Å². The molecule has 96 valence electrons. The van der Waals surface area contributed by atoms with Gasteiger partial charge >= 0.3 is 0 Å². The van der Waals surface area contributed by atoms with Gasteiger partial charge in [0.25, 0.3) is 0 Å². The van der Waals surface area contributed by atoms with E-state index in [0.29, 0.717) is 4.83 Å². The van der Waals surface area contributed by atoms with Gasteiger partial charge in [0.15, 0.2) is 0 Å². The van der Waals surface area contributed by atoms with Gasteiger partial charge in [-0.3, -0.25) is 4.98 Å². The van der Waals surface area contributed by atoms with Gasteiger partial charge in [-0.05, 0) is 45.1 Å². The number of hydrogen-bond acceptors (Lipinski definition) is 2. The van der Waals surface area contributed by atoms with Gasteiger partial charge in [0, 0.05) is 22.3 Å². The highest BCUT2D eigenvalue weighted by Gasteiger charge is 2.11. The lowest BCUT2D eigenvalue weighted by molar-refractivity contribution is 0.917. The van der Waals surface area contributed by atoms with E-state index in [1.54, 1.807) is 11.3 Å². The maximum absolute atomic E-state index is 4.71. The topological polar surface area (TPSA) is 12.9 Å². The number of halogens is 2. The fourth-order valence-electron chi connectivity index (χ4n) is 2.01. The zero-order chi connectivity index (χ0) is 13.2. The number of pyridine rings is 1. The molecule has 4 heteroatoms. The molecule has 0 bridgehead atoms. The van der Waals surface area contributed by atoms with Crippen molar-refractivity contribution in [3.63, 3.8) is 0 Å². The molecule has 0 saturated carbocycles. The zero-order valence-corrected chi connectivity index (χ0v) is 14.0. The van der Waals surface area contributed by atoms with E-state index in [0.717, 1.165) is 17.6 Å². The van der Waals surface area contributed by atoms with E-state index >= 15 is 0 Å². The van der Waals surface area contributed by atoms with Crippen LogP contribution < -0.4 is 0 Å². The second kappa shape index (κ2) is 5.73. The molecule has 3 rings (SSSR count). The molecule has 0 aliphatic rings. The standard InChI is InChI=1S/C15H11Br2NS/c16-13(11-7-15(17)19-9-11)8-12-6-5-10-3-1-2-4-14(10)18-12/h1-7,9,13H,8H2. The molecule has 1 nitrogen and oxygen atoms in total. The molecule has 0 aliphatic heterocycles. The Morgan fingerprint density at radius 3 is 2.79 bits per heavy atom. The molecule has 0 fully saturated rings. The van der Waals surface area contributed by atoms with Crippen molar-refractivity contribution in [2.45, 2.75) is 11.2 Å². The van der Waals surface area contributed by atoms with Crippen molar-refractivity contribution in [2.24, 2.45) is 0 Å². The Bertz CT molecular complexity index is 708. The molecule has 0 amide bonds. The van der Waals surface area contributed by atoms with E-state index in [4.69, 9.17) is 4.98 Å². The molecule has 19 heavy (non-hydrogen) atoms. The summed E-state index contributed by atoms with van der Waals surface area (Å²) in [4.78, 5) is 5.02. The quantitative estimate of drug-likeness (QED) is 0.514. The Hall–Kier alpha value is -0.710. The van der Waals surface area contributed by atoms with Gasteiger partial charge < -0.3 is 0 Å². The lowest BCUT2D eigenvalue weighted by Crippen LogP contribution is -1.96. The van der Waals surface area contributed by atoms with Gasteiger partial charge in [0.05, 0.1) is 9.30 Å². The normalized spacial score (nSPS) is 12.7. The first-order valence-electron chi connectivity index (χ1n) is 5.95. The molecule has 0 spiro atoms. The molecule has 2 heterocycles. The summed E-state index contributed by atoms with van der Waals surface area (Å²) in [5, 5.41) is 3.36. The van der Waals surface area contributed by atoms with Gasteiger partial charge in [0.2, 0.25) is 0 Å². The Morgan fingerprint density at radius 2 is 2.00 bits per heavy atom. The number of thiophene rings is 1. The van der Waals surface area contributed by atoms with Crippen LogP contribution in [0, 0.1) is 0 Å². The summed E-state index contributed by atoms with van der Waals surface area (Å²) in [6, 6.07) is 14.6. The SMILES string of the molecule is Brc1cc(C(Br)Cc2ccc3ccccc3n2)cs1. The smallest absolute Gasteiger partial charge is 0.0705 e. The minimum atomic E-state index is 0.309. The van der Waals surface area contributed by atoms with Gasteiger partial charge in [-0.25, -0.2) is 0 Å². The van der Waals surface area contributed by atoms with Crippen LogP contribution in [0.3, 0.4) is 0 Å². The monoisotopic (exact) mass is 395 g/mol. The Morgan fingerprint density at radius 1 is 1.16 bits per heavy atom. The van der Waals surface area contributed by atoms with Crippen molar-refractivity contribution in [1.82, 2.24) is 4.98 Å². The Balaban J connectivity index is 1.84. The van der Waals surface area contributed by atoms with Crippen molar-refractivity contribution in [2.75, 3.05) is 0 Å². The lowest BCUT2D eigenvalue weighted by Gasteiger charge is -2.08. The molecule has 0 aliphatic carbocycles. The largest absolute Gasteiger partial charge is 0.253 e. The first kappa shape index (κ1) is 13.3. The van der Waals surface area contributed by atoms with Crippen molar-refractivity contribution < 1.29 is 0 Å². The summed E-state index contributed by atoms with van der Waals surface area (Å²) in [5.74, 6) is 0. The van der Waals surface area contributed by atoms with Crippen LogP contribution in [0.15, 0.2) is 51.6 Å². The van der Waals surface area contributed by atoms with Crippen molar-refractivity contribution in [3.8, 4) is 0 Å². The van der Waals surface area contributed by atoms with E-state index in [2.05, 4.69) is 67.6 Å². The molecule has 3 aromatic rings. The Kier molecular flexibility index (Phi) is 4.01. The number of para-hydroxylation sites is 1. The predicted octanol–water partition coefficient (Wildman–Crippen LogP) is 5.74. The van der Waals surface area contributed by atoms with Crippen LogP contribution in [0.2, 0.25) is 0 Å². The zero-order valence-electron chi connectivity index (χ0n) is 10.0. The highest BCUT2D eigenvalue weighted by molar-refractivity contribution is 9.11. The fourth-order valence-corrected chi connectivity index (χ4v) is 4.01. The van der Waals surface area contributed by atoms with Crippen LogP contribution in [0.5, 0.6) is 0 Å². The van der Waals surface area contributed by atoms with Gasteiger partial charge in [-0.1, -0.05) is 40.2 Å². The van der Waals surface area contributed by atoms with E-state index in [1.807, 2.05) is 12.1 Å². The van der Waals surface area contributed by atoms with Crippen LogP contribution >= 0.6 is 43.2 Å². The predicted molar refractivity (Wildman–Crippen MR) is 89.1 cm³/mol. The highest BCUT2D eigenvalue weighted by atomic mass is 79.9. The molecule has 1 unspecified atom stereocenters. The molecule has 1 aromatic carbocycles. The number of aromatic nitrogens is 1. The minimum Gasteiger partial charge on any atom is -0.253 e. The maximum Gasteiger partial charge on any atom is 0.0705 e. The molecule has 0 N–H and O–H groups in total. The maximum atomic E-state index is 4.71. The molecule has 1 atom stereocenters. The average molecular weight is 397 g/mol. The number of hydrogen-bond donors (Lipinski definition) is 0. The molecule has 0 saturated heterocycles. The summed E-state index contributed by atoms with van der Waals surface area (Å²) in [6.07, 6.45) is 0.897. The van der Waals surface area contributed by atoms with Gasteiger partial charge in [-0.15, -0.1) is 11.3 Å². The summed E-state index contributed by atoms with van der Waals surface area (Å²) < 4.78 is 1.17. The van der Waals surface area contributed by atoms with E-state index in [1.165, 1.54) is 14.7 Å². The van der Waals surface area contributed by atoms with Crippen LogP contribution in [-0.2, 0) is 6.42 Å². The summed E-state index contributed by atoms with van der Waals surface area (Å²) in [7, 11) is 0. The second-order valence-electron chi connectivity index (χ2n) is 4.35. The number of nitrogens with zero attached hydrogens (tertiary/aromatic N) is 1. The summed E-state index contributed by atoms with van der Waals surface area (Å²) >= 11 is 8.96.